The number of nitrogens with zero attached hydrogens (tertiary/aromatic N) is 2. The minimum absolute atomic E-state index is 0.00536. The highest BCUT2D eigenvalue weighted by atomic mass is 32.1. The van der Waals surface area contributed by atoms with Crippen molar-refractivity contribution in [1.82, 2.24) is 9.88 Å². The molecule has 3 rings (SSSR count). The first-order valence-corrected chi connectivity index (χ1v) is 9.27. The predicted octanol–water partition coefficient (Wildman–Crippen LogP) is 2.42. The van der Waals surface area contributed by atoms with E-state index >= 15 is 0 Å². The summed E-state index contributed by atoms with van der Waals surface area (Å²) in [6.45, 7) is 3.12. The van der Waals surface area contributed by atoms with Crippen LogP contribution in [0.1, 0.15) is 12.0 Å². The highest BCUT2D eigenvalue weighted by Gasteiger charge is 2.21. The van der Waals surface area contributed by atoms with Gasteiger partial charge in [-0.15, -0.1) is 11.3 Å². The topological polar surface area (TPSA) is 63.7 Å². The summed E-state index contributed by atoms with van der Waals surface area (Å²) >= 11 is 1.43. The van der Waals surface area contributed by atoms with Crippen molar-refractivity contribution < 1.29 is 14.3 Å². The van der Waals surface area contributed by atoms with Gasteiger partial charge in [-0.25, -0.2) is 4.98 Å². The normalized spacial score (nSPS) is 18.0. The first-order valence-electron chi connectivity index (χ1n) is 8.39. The third-order valence-corrected chi connectivity index (χ3v) is 4.84. The maximum atomic E-state index is 12.0. The van der Waals surface area contributed by atoms with Gasteiger partial charge in [0.2, 0.25) is 5.91 Å². The molecule has 134 valence electrons. The average molecular weight is 361 g/mol. The molecule has 0 unspecified atom stereocenters. The predicted molar refractivity (Wildman–Crippen MR) is 98.2 cm³/mol. The average Bonchev–Trinajstić information content (AvgIpc) is 3.13. The molecule has 1 fully saturated rings. The number of carbonyl (C=O) groups excluding carboxylic acids is 1. The van der Waals surface area contributed by atoms with Crippen molar-refractivity contribution in [3.05, 3.63) is 41.4 Å². The van der Waals surface area contributed by atoms with Gasteiger partial charge in [0, 0.05) is 44.1 Å². The molecule has 0 radical (unpaired) electrons. The Bertz CT molecular complexity index is 678. The second kappa shape index (κ2) is 8.94. The van der Waals surface area contributed by atoms with E-state index in [9.17, 15) is 4.79 Å². The molecule has 1 aromatic heterocycles. The van der Waals surface area contributed by atoms with Gasteiger partial charge in [-0.05, 0) is 17.7 Å². The Kier molecular flexibility index (Phi) is 6.38. The number of benzene rings is 1. The number of amides is 1. The fourth-order valence-corrected chi connectivity index (χ4v) is 3.44. The van der Waals surface area contributed by atoms with E-state index in [-0.39, 0.29) is 12.0 Å². The second-order valence-electron chi connectivity index (χ2n) is 5.98. The van der Waals surface area contributed by atoms with Crippen LogP contribution in [-0.4, -0.2) is 55.2 Å². The Morgan fingerprint density at radius 2 is 2.44 bits per heavy atom. The maximum Gasteiger partial charge on any atom is 0.227 e. The minimum atomic E-state index is 0.00536. The molecule has 1 aromatic carbocycles. The van der Waals surface area contributed by atoms with Crippen molar-refractivity contribution in [2.45, 2.75) is 18.9 Å². The number of nitrogens with one attached hydrogen (secondary N) is 1. The van der Waals surface area contributed by atoms with E-state index in [0.29, 0.717) is 18.2 Å². The number of thiazole rings is 1. The number of hydrogen-bond acceptors (Lipinski definition) is 6. The fraction of sp³-hybridized carbons (Fsp3) is 0.444. The van der Waals surface area contributed by atoms with Gasteiger partial charge in [-0.1, -0.05) is 12.1 Å². The summed E-state index contributed by atoms with van der Waals surface area (Å²) in [6.07, 6.45) is 3.14. The number of methoxy groups -OCH3 is 1. The molecule has 0 aliphatic carbocycles. The Hall–Kier alpha value is -1.96. The smallest absolute Gasteiger partial charge is 0.227 e. The Balaban J connectivity index is 1.45. The quantitative estimate of drug-likeness (QED) is 0.821. The number of aromatic nitrogens is 1. The molecular formula is C18H23N3O3S. The molecule has 0 bridgehead atoms. The van der Waals surface area contributed by atoms with Crippen LogP contribution in [0.3, 0.4) is 0 Å². The number of carbonyl (C=O) groups is 1. The summed E-state index contributed by atoms with van der Waals surface area (Å²) in [5.41, 5.74) is 1.20. The van der Waals surface area contributed by atoms with Gasteiger partial charge in [-0.3, -0.25) is 9.69 Å². The first kappa shape index (κ1) is 17.8. The van der Waals surface area contributed by atoms with Crippen LogP contribution in [0.15, 0.2) is 35.8 Å². The second-order valence-corrected chi connectivity index (χ2v) is 6.88. The Morgan fingerprint density at radius 3 is 3.24 bits per heavy atom. The van der Waals surface area contributed by atoms with Gasteiger partial charge >= 0.3 is 0 Å². The lowest BCUT2D eigenvalue weighted by Crippen LogP contribution is -2.44. The van der Waals surface area contributed by atoms with Gasteiger partial charge in [0.15, 0.2) is 5.13 Å². The van der Waals surface area contributed by atoms with Gasteiger partial charge in [0.25, 0.3) is 0 Å². The third-order valence-electron chi connectivity index (χ3n) is 4.15. The molecule has 2 aromatic rings. The van der Waals surface area contributed by atoms with E-state index in [1.54, 1.807) is 13.3 Å². The number of anilines is 1. The molecule has 1 aliphatic rings. The van der Waals surface area contributed by atoms with E-state index in [2.05, 4.69) is 21.3 Å². The van der Waals surface area contributed by atoms with E-state index in [4.69, 9.17) is 9.47 Å². The zero-order valence-electron chi connectivity index (χ0n) is 14.3. The lowest BCUT2D eigenvalue weighted by Gasteiger charge is -2.32. The van der Waals surface area contributed by atoms with E-state index < -0.39 is 0 Å². The molecule has 0 spiro atoms. The Morgan fingerprint density at radius 1 is 1.52 bits per heavy atom. The fourth-order valence-electron chi connectivity index (χ4n) is 2.90. The van der Waals surface area contributed by atoms with E-state index in [1.165, 1.54) is 16.9 Å². The molecule has 1 atom stereocenters. The molecule has 25 heavy (non-hydrogen) atoms. The van der Waals surface area contributed by atoms with Crippen molar-refractivity contribution in [3.8, 4) is 5.75 Å². The molecule has 1 amide bonds. The SMILES string of the molecule is COc1cccc(C[C@@H]2CN(CCC(=O)Nc3nccs3)CCO2)c1. The highest BCUT2D eigenvalue weighted by molar-refractivity contribution is 7.13. The number of hydrogen-bond donors (Lipinski definition) is 1. The van der Waals surface area contributed by atoms with E-state index in [0.717, 1.165) is 31.8 Å². The Labute approximate surface area is 151 Å². The molecule has 2 heterocycles. The van der Waals surface area contributed by atoms with Crippen LogP contribution >= 0.6 is 11.3 Å². The lowest BCUT2D eigenvalue weighted by molar-refractivity contribution is -0.117. The van der Waals surface area contributed by atoms with Crippen molar-refractivity contribution >= 4 is 22.4 Å². The summed E-state index contributed by atoms with van der Waals surface area (Å²) in [5, 5.41) is 5.33. The number of morpholine rings is 1. The van der Waals surface area contributed by atoms with Crippen LogP contribution in [0.4, 0.5) is 5.13 Å². The molecular weight excluding hydrogens is 338 g/mol. The monoisotopic (exact) mass is 361 g/mol. The minimum Gasteiger partial charge on any atom is -0.497 e. The molecule has 1 N–H and O–H groups in total. The van der Waals surface area contributed by atoms with Gasteiger partial charge in [0.05, 0.1) is 19.8 Å². The third kappa shape index (κ3) is 5.52. The van der Waals surface area contributed by atoms with Crippen molar-refractivity contribution in [2.24, 2.45) is 0 Å². The van der Waals surface area contributed by atoms with Crippen molar-refractivity contribution in [2.75, 3.05) is 38.7 Å². The van der Waals surface area contributed by atoms with Crippen LogP contribution in [0.2, 0.25) is 0 Å². The van der Waals surface area contributed by atoms with Crippen molar-refractivity contribution in [1.29, 1.82) is 0 Å². The van der Waals surface area contributed by atoms with Gasteiger partial charge < -0.3 is 14.8 Å². The number of rotatable bonds is 7. The zero-order valence-corrected chi connectivity index (χ0v) is 15.1. The largest absolute Gasteiger partial charge is 0.497 e. The maximum absolute atomic E-state index is 12.0. The number of ether oxygens (including phenoxy) is 2. The first-order chi connectivity index (χ1) is 12.2. The van der Waals surface area contributed by atoms with Crippen LogP contribution < -0.4 is 10.1 Å². The highest BCUT2D eigenvalue weighted by Crippen LogP contribution is 2.17. The van der Waals surface area contributed by atoms with Crippen molar-refractivity contribution in [3.63, 3.8) is 0 Å². The zero-order chi connectivity index (χ0) is 17.5. The molecule has 7 heteroatoms. The summed E-state index contributed by atoms with van der Waals surface area (Å²) in [5.74, 6) is 0.870. The lowest BCUT2D eigenvalue weighted by atomic mass is 10.1. The standard InChI is InChI=1S/C18H23N3O3S/c1-23-15-4-2-3-14(11-15)12-16-13-21(8-9-24-16)7-5-17(22)20-18-19-6-10-25-18/h2-4,6,10-11,16H,5,7-9,12-13H2,1H3,(H,19,20,22)/t16-/m1/s1. The van der Waals surface area contributed by atoms with E-state index in [1.807, 2.05) is 23.6 Å². The van der Waals surface area contributed by atoms with Crippen LogP contribution in [0, 0.1) is 0 Å². The van der Waals surface area contributed by atoms with Crippen LogP contribution in [0.25, 0.3) is 0 Å². The summed E-state index contributed by atoms with van der Waals surface area (Å²) < 4.78 is 11.2. The molecule has 6 nitrogen and oxygen atoms in total. The molecule has 1 aliphatic heterocycles. The van der Waals surface area contributed by atoms with Gasteiger partial charge in [-0.2, -0.15) is 0 Å². The summed E-state index contributed by atoms with van der Waals surface area (Å²) in [7, 11) is 1.68. The summed E-state index contributed by atoms with van der Waals surface area (Å²) in [4.78, 5) is 18.3. The van der Waals surface area contributed by atoms with Gasteiger partial charge in [0.1, 0.15) is 5.75 Å². The van der Waals surface area contributed by atoms with Crippen LogP contribution in [0.5, 0.6) is 5.75 Å². The molecule has 0 saturated carbocycles. The van der Waals surface area contributed by atoms with Crippen LogP contribution in [-0.2, 0) is 16.0 Å². The summed E-state index contributed by atoms with van der Waals surface area (Å²) in [6, 6.07) is 8.08. The molecule has 1 saturated heterocycles.